The van der Waals surface area contributed by atoms with Gasteiger partial charge in [-0.2, -0.15) is 5.10 Å². The van der Waals surface area contributed by atoms with Crippen LogP contribution in [0.3, 0.4) is 0 Å². The normalized spacial score (nSPS) is 12.0. The Hall–Kier alpha value is -2.84. The molecular weight excluding hydrogens is 302 g/mol. The Labute approximate surface area is 132 Å². The third kappa shape index (κ3) is 4.31. The number of non-ortho nitro benzene ring substituents is 2. The number of nitro groups is 2. The molecule has 1 aromatic heterocycles. The summed E-state index contributed by atoms with van der Waals surface area (Å²) < 4.78 is 1.68. The summed E-state index contributed by atoms with van der Waals surface area (Å²) in [5.41, 5.74) is 0.111. The molecule has 0 fully saturated rings. The second-order valence-corrected chi connectivity index (χ2v) is 5.23. The molecule has 1 unspecified atom stereocenters. The molecule has 0 spiro atoms. The number of hydrogen-bond donors (Lipinski definition) is 0. The predicted octanol–water partition coefficient (Wildman–Crippen LogP) is 3.07. The topological polar surface area (TPSA) is 117 Å². The number of benzene rings is 1. The number of nitrogens with zero attached hydrogens (tertiary/aromatic N) is 5. The number of aromatic nitrogens is 3. The predicted molar refractivity (Wildman–Crippen MR) is 82.0 cm³/mol. The molecule has 2 aromatic rings. The molecule has 122 valence electrons. The van der Waals surface area contributed by atoms with Gasteiger partial charge in [0.2, 0.25) is 0 Å². The Morgan fingerprint density at radius 3 is 2.26 bits per heavy atom. The summed E-state index contributed by atoms with van der Waals surface area (Å²) in [6, 6.07) is 3.84. The third-order valence-corrected chi connectivity index (χ3v) is 3.63. The van der Waals surface area contributed by atoms with Gasteiger partial charge < -0.3 is 0 Å². The lowest BCUT2D eigenvalue weighted by molar-refractivity contribution is -0.394. The Morgan fingerprint density at radius 1 is 1.13 bits per heavy atom. The zero-order valence-corrected chi connectivity index (χ0v) is 12.7. The fourth-order valence-electron chi connectivity index (χ4n) is 2.53. The Morgan fingerprint density at radius 2 is 1.78 bits per heavy atom. The molecule has 0 saturated heterocycles. The van der Waals surface area contributed by atoms with Gasteiger partial charge in [0.05, 0.1) is 15.9 Å². The maximum atomic E-state index is 11.0. The average Bonchev–Trinajstić information content (AvgIpc) is 3.04. The van der Waals surface area contributed by atoms with E-state index in [1.807, 2.05) is 6.92 Å². The second-order valence-electron chi connectivity index (χ2n) is 5.23. The number of aryl methyl sites for hydroxylation is 1. The van der Waals surface area contributed by atoms with E-state index in [9.17, 15) is 20.2 Å². The number of rotatable bonds is 8. The van der Waals surface area contributed by atoms with Gasteiger partial charge in [0.15, 0.2) is 0 Å². The highest BCUT2D eigenvalue weighted by atomic mass is 16.6. The largest absolute Gasteiger partial charge is 0.276 e. The molecular formula is C14H17N5O4. The first kappa shape index (κ1) is 16.5. The van der Waals surface area contributed by atoms with E-state index in [1.54, 1.807) is 11.0 Å². The first-order valence-electron chi connectivity index (χ1n) is 7.27. The SMILES string of the molecule is CCCC(CCn1cncn1)c1cc([N+](=O)[O-])cc([N+](=O)[O-])c1. The van der Waals surface area contributed by atoms with Gasteiger partial charge in [-0.05, 0) is 24.3 Å². The Balaban J connectivity index is 2.29. The van der Waals surface area contributed by atoms with E-state index >= 15 is 0 Å². The summed E-state index contributed by atoms with van der Waals surface area (Å²) in [5, 5.41) is 26.0. The van der Waals surface area contributed by atoms with Crippen LogP contribution in [0.4, 0.5) is 11.4 Å². The summed E-state index contributed by atoms with van der Waals surface area (Å²) in [5.74, 6) is -0.0113. The molecule has 0 radical (unpaired) electrons. The van der Waals surface area contributed by atoms with Crippen LogP contribution in [0.2, 0.25) is 0 Å². The first-order chi connectivity index (χ1) is 11.0. The molecule has 0 N–H and O–H groups in total. The zero-order valence-electron chi connectivity index (χ0n) is 12.7. The van der Waals surface area contributed by atoms with E-state index in [0.717, 1.165) is 18.9 Å². The van der Waals surface area contributed by atoms with Crippen LogP contribution in [0.15, 0.2) is 30.9 Å². The van der Waals surface area contributed by atoms with Crippen molar-refractivity contribution in [3.63, 3.8) is 0 Å². The highest BCUT2D eigenvalue weighted by molar-refractivity contribution is 5.47. The van der Waals surface area contributed by atoms with Crippen molar-refractivity contribution in [2.75, 3.05) is 0 Å². The molecule has 0 aliphatic rings. The fraction of sp³-hybridized carbons (Fsp3) is 0.429. The summed E-state index contributed by atoms with van der Waals surface area (Å²) in [4.78, 5) is 24.7. The van der Waals surface area contributed by atoms with Crippen molar-refractivity contribution >= 4 is 11.4 Å². The van der Waals surface area contributed by atoms with Crippen LogP contribution in [0.25, 0.3) is 0 Å². The number of hydrogen-bond acceptors (Lipinski definition) is 6. The molecule has 0 bridgehead atoms. The van der Waals surface area contributed by atoms with Crippen LogP contribution in [0.1, 0.15) is 37.7 Å². The van der Waals surface area contributed by atoms with Gasteiger partial charge in [-0.25, -0.2) is 4.98 Å². The number of nitro benzene ring substituents is 2. The monoisotopic (exact) mass is 319 g/mol. The van der Waals surface area contributed by atoms with Crippen LogP contribution in [-0.4, -0.2) is 24.6 Å². The molecule has 2 rings (SSSR count). The molecule has 1 heterocycles. The summed E-state index contributed by atoms with van der Waals surface area (Å²) >= 11 is 0. The maximum absolute atomic E-state index is 11.0. The minimum absolute atomic E-state index is 0.0113. The van der Waals surface area contributed by atoms with Gasteiger partial charge in [0.25, 0.3) is 11.4 Å². The average molecular weight is 319 g/mol. The molecule has 0 aliphatic carbocycles. The van der Waals surface area contributed by atoms with Gasteiger partial charge in [-0.1, -0.05) is 13.3 Å². The lowest BCUT2D eigenvalue weighted by Gasteiger charge is -2.16. The van der Waals surface area contributed by atoms with Crippen molar-refractivity contribution in [3.8, 4) is 0 Å². The zero-order chi connectivity index (χ0) is 16.8. The van der Waals surface area contributed by atoms with Gasteiger partial charge >= 0.3 is 0 Å². The molecule has 0 saturated carbocycles. The van der Waals surface area contributed by atoms with Gasteiger partial charge in [-0.3, -0.25) is 24.9 Å². The third-order valence-electron chi connectivity index (χ3n) is 3.63. The van der Waals surface area contributed by atoms with Gasteiger partial charge in [0.1, 0.15) is 12.7 Å². The van der Waals surface area contributed by atoms with Crippen molar-refractivity contribution in [2.45, 2.75) is 38.6 Å². The van der Waals surface area contributed by atoms with Crippen molar-refractivity contribution in [1.29, 1.82) is 0 Å². The van der Waals surface area contributed by atoms with Crippen molar-refractivity contribution < 1.29 is 9.85 Å². The minimum Gasteiger partial charge on any atom is -0.258 e. The van der Waals surface area contributed by atoms with E-state index in [2.05, 4.69) is 10.1 Å². The standard InChI is InChI=1S/C14H17N5O4/c1-2-3-11(4-5-17-10-15-9-16-17)12-6-13(18(20)21)8-14(7-12)19(22)23/h6-11H,2-5H2,1H3. The van der Waals surface area contributed by atoms with Gasteiger partial charge in [0, 0.05) is 18.7 Å². The van der Waals surface area contributed by atoms with E-state index in [0.29, 0.717) is 18.5 Å². The molecule has 9 nitrogen and oxygen atoms in total. The molecule has 1 atom stereocenters. The minimum atomic E-state index is -0.600. The smallest absolute Gasteiger partial charge is 0.258 e. The van der Waals surface area contributed by atoms with E-state index < -0.39 is 9.85 Å². The van der Waals surface area contributed by atoms with Crippen molar-refractivity contribution in [3.05, 3.63) is 56.6 Å². The fourth-order valence-corrected chi connectivity index (χ4v) is 2.53. The molecule has 1 aromatic carbocycles. The summed E-state index contributed by atoms with van der Waals surface area (Å²) in [6.07, 6.45) is 5.37. The second kappa shape index (κ2) is 7.43. The van der Waals surface area contributed by atoms with Crippen LogP contribution in [-0.2, 0) is 6.54 Å². The lowest BCUT2D eigenvalue weighted by atomic mass is 9.90. The van der Waals surface area contributed by atoms with Crippen LogP contribution >= 0.6 is 0 Å². The van der Waals surface area contributed by atoms with Crippen LogP contribution in [0, 0.1) is 20.2 Å². The van der Waals surface area contributed by atoms with Gasteiger partial charge in [-0.15, -0.1) is 0 Å². The molecule has 0 amide bonds. The lowest BCUT2D eigenvalue weighted by Crippen LogP contribution is -2.07. The van der Waals surface area contributed by atoms with E-state index in [4.69, 9.17) is 0 Å². The summed E-state index contributed by atoms with van der Waals surface area (Å²) in [6.45, 7) is 2.61. The van der Waals surface area contributed by atoms with Crippen LogP contribution in [0.5, 0.6) is 0 Å². The molecule has 0 aliphatic heterocycles. The van der Waals surface area contributed by atoms with E-state index in [-0.39, 0.29) is 17.3 Å². The highest BCUT2D eigenvalue weighted by Crippen LogP contribution is 2.32. The maximum Gasteiger partial charge on any atom is 0.276 e. The molecule has 9 heteroatoms. The van der Waals surface area contributed by atoms with Crippen molar-refractivity contribution in [2.24, 2.45) is 0 Å². The Kier molecular flexibility index (Phi) is 5.34. The van der Waals surface area contributed by atoms with Crippen LogP contribution < -0.4 is 0 Å². The highest BCUT2D eigenvalue weighted by Gasteiger charge is 2.21. The van der Waals surface area contributed by atoms with Crippen molar-refractivity contribution in [1.82, 2.24) is 14.8 Å². The van der Waals surface area contributed by atoms with E-state index in [1.165, 1.54) is 18.5 Å². The Bertz CT molecular complexity index is 654. The quantitative estimate of drug-likeness (QED) is 0.545. The first-order valence-corrected chi connectivity index (χ1v) is 7.27. The summed E-state index contributed by atoms with van der Waals surface area (Å²) in [7, 11) is 0. The molecule has 23 heavy (non-hydrogen) atoms.